The number of nitrogens with one attached hydrogen (secondary N) is 1. The summed E-state index contributed by atoms with van der Waals surface area (Å²) in [4.78, 5) is 4.09. The van der Waals surface area contributed by atoms with Crippen molar-refractivity contribution in [2.75, 3.05) is 12.4 Å². The Labute approximate surface area is 74.6 Å². The first-order chi connectivity index (χ1) is 6.20. The zero-order chi connectivity index (χ0) is 9.42. The van der Waals surface area contributed by atoms with E-state index in [-0.39, 0.29) is 5.82 Å². The Bertz CT molecular complexity index is 411. The highest BCUT2D eigenvalue weighted by atomic mass is 19.1. The minimum Gasteiger partial charge on any atom is -0.423 e. The average molecular weight is 180 g/mol. The van der Waals surface area contributed by atoms with Gasteiger partial charge >= 0.3 is 0 Å². The van der Waals surface area contributed by atoms with E-state index < -0.39 is 0 Å². The van der Waals surface area contributed by atoms with Gasteiger partial charge in [0.15, 0.2) is 5.58 Å². The number of halogens is 1. The largest absolute Gasteiger partial charge is 0.423 e. The topological polar surface area (TPSA) is 38.1 Å². The van der Waals surface area contributed by atoms with Crippen LogP contribution in [0.2, 0.25) is 0 Å². The van der Waals surface area contributed by atoms with Gasteiger partial charge in [0.25, 0.3) is 6.01 Å². The molecule has 1 aromatic carbocycles. The first kappa shape index (κ1) is 8.04. The number of nitrogens with zero attached hydrogens (tertiary/aromatic N) is 1. The van der Waals surface area contributed by atoms with Gasteiger partial charge in [-0.15, -0.1) is 0 Å². The number of aryl methyl sites for hydroxylation is 1. The van der Waals surface area contributed by atoms with Crippen molar-refractivity contribution in [3.63, 3.8) is 0 Å². The van der Waals surface area contributed by atoms with E-state index in [9.17, 15) is 4.39 Å². The van der Waals surface area contributed by atoms with Crippen molar-refractivity contribution in [2.45, 2.75) is 6.92 Å². The molecular formula is C9H9FN2O. The molecule has 1 N–H and O–H groups in total. The molecule has 1 heterocycles. The molecule has 0 saturated carbocycles. The first-order valence-corrected chi connectivity index (χ1v) is 3.95. The van der Waals surface area contributed by atoms with Gasteiger partial charge in [0.1, 0.15) is 11.3 Å². The zero-order valence-electron chi connectivity index (χ0n) is 7.39. The number of fused-ring (bicyclic) bond motifs is 1. The molecule has 2 aromatic rings. The smallest absolute Gasteiger partial charge is 0.295 e. The zero-order valence-corrected chi connectivity index (χ0v) is 7.39. The maximum Gasteiger partial charge on any atom is 0.295 e. The minimum atomic E-state index is -0.272. The minimum absolute atomic E-state index is 0.272. The molecule has 0 bridgehead atoms. The second-order valence-electron chi connectivity index (χ2n) is 2.84. The van der Waals surface area contributed by atoms with E-state index in [4.69, 9.17) is 4.42 Å². The van der Waals surface area contributed by atoms with Crippen LogP contribution in [0.3, 0.4) is 0 Å². The molecule has 0 radical (unpaired) electrons. The Balaban J connectivity index is 2.70. The molecule has 0 amide bonds. The number of anilines is 1. The van der Waals surface area contributed by atoms with Gasteiger partial charge < -0.3 is 9.73 Å². The van der Waals surface area contributed by atoms with Gasteiger partial charge in [0.2, 0.25) is 0 Å². The van der Waals surface area contributed by atoms with Gasteiger partial charge in [-0.05, 0) is 18.6 Å². The molecule has 3 nitrogen and oxygen atoms in total. The molecule has 0 aliphatic heterocycles. The van der Waals surface area contributed by atoms with Crippen molar-refractivity contribution in [3.05, 3.63) is 23.5 Å². The van der Waals surface area contributed by atoms with Gasteiger partial charge in [0.05, 0.1) is 0 Å². The summed E-state index contributed by atoms with van der Waals surface area (Å²) in [6.07, 6.45) is 0. The van der Waals surface area contributed by atoms with Crippen LogP contribution in [0, 0.1) is 12.7 Å². The van der Waals surface area contributed by atoms with Crippen molar-refractivity contribution in [1.29, 1.82) is 0 Å². The number of rotatable bonds is 1. The maximum atomic E-state index is 13.1. The standard InChI is InChI=1S/C9H9FN2O/c1-5-3-7-8(4-6(5)10)13-9(11-2)12-7/h3-4H,1-2H3,(H,11,12). The molecular weight excluding hydrogens is 171 g/mol. The molecule has 0 spiro atoms. The normalized spacial score (nSPS) is 10.7. The van der Waals surface area contributed by atoms with Crippen LogP contribution >= 0.6 is 0 Å². The lowest BCUT2D eigenvalue weighted by atomic mass is 10.2. The third-order valence-electron chi connectivity index (χ3n) is 1.88. The van der Waals surface area contributed by atoms with E-state index in [2.05, 4.69) is 10.3 Å². The van der Waals surface area contributed by atoms with Crippen LogP contribution in [0.25, 0.3) is 11.1 Å². The van der Waals surface area contributed by atoms with E-state index in [1.165, 1.54) is 6.07 Å². The summed E-state index contributed by atoms with van der Waals surface area (Å²) >= 11 is 0. The van der Waals surface area contributed by atoms with Crippen LogP contribution in [0.1, 0.15) is 5.56 Å². The van der Waals surface area contributed by atoms with E-state index in [0.717, 1.165) is 0 Å². The van der Waals surface area contributed by atoms with Gasteiger partial charge in [-0.2, -0.15) is 4.98 Å². The quantitative estimate of drug-likeness (QED) is 0.731. The summed E-state index contributed by atoms with van der Waals surface area (Å²) in [5.41, 5.74) is 1.71. The second-order valence-corrected chi connectivity index (χ2v) is 2.84. The lowest BCUT2D eigenvalue weighted by Crippen LogP contribution is -1.85. The van der Waals surface area contributed by atoms with Crippen LogP contribution in [0.4, 0.5) is 10.4 Å². The third-order valence-corrected chi connectivity index (χ3v) is 1.88. The third kappa shape index (κ3) is 1.24. The predicted molar refractivity (Wildman–Crippen MR) is 48.3 cm³/mol. The molecule has 0 aliphatic rings. The number of aromatic nitrogens is 1. The van der Waals surface area contributed by atoms with Crippen molar-refractivity contribution in [3.8, 4) is 0 Å². The maximum absolute atomic E-state index is 13.1. The fraction of sp³-hybridized carbons (Fsp3) is 0.222. The summed E-state index contributed by atoms with van der Waals surface area (Å²) in [6.45, 7) is 1.70. The number of oxazole rings is 1. The fourth-order valence-corrected chi connectivity index (χ4v) is 1.16. The summed E-state index contributed by atoms with van der Waals surface area (Å²) in [5.74, 6) is -0.272. The lowest BCUT2D eigenvalue weighted by molar-refractivity contribution is 0.598. The Hall–Kier alpha value is -1.58. The Morgan fingerprint density at radius 1 is 1.46 bits per heavy atom. The molecule has 68 valence electrons. The lowest BCUT2D eigenvalue weighted by Gasteiger charge is -1.92. The summed E-state index contributed by atoms with van der Waals surface area (Å²) in [6, 6.07) is 3.41. The molecule has 0 aliphatic carbocycles. The molecule has 0 fully saturated rings. The summed E-state index contributed by atoms with van der Waals surface area (Å²) < 4.78 is 18.2. The molecule has 13 heavy (non-hydrogen) atoms. The summed E-state index contributed by atoms with van der Waals surface area (Å²) in [5, 5.41) is 2.76. The molecule has 2 rings (SSSR count). The fourth-order valence-electron chi connectivity index (χ4n) is 1.16. The van der Waals surface area contributed by atoms with Gasteiger partial charge in [-0.1, -0.05) is 0 Å². The highest BCUT2D eigenvalue weighted by molar-refractivity contribution is 5.75. The van der Waals surface area contributed by atoms with Crippen LogP contribution in [-0.4, -0.2) is 12.0 Å². The molecule has 1 aromatic heterocycles. The van der Waals surface area contributed by atoms with Crippen LogP contribution in [-0.2, 0) is 0 Å². The number of hydrogen-bond donors (Lipinski definition) is 1. The first-order valence-electron chi connectivity index (χ1n) is 3.95. The monoisotopic (exact) mass is 180 g/mol. The van der Waals surface area contributed by atoms with E-state index in [0.29, 0.717) is 22.7 Å². The van der Waals surface area contributed by atoms with E-state index in [1.807, 2.05) is 0 Å². The highest BCUT2D eigenvalue weighted by Gasteiger charge is 2.07. The molecule has 0 unspecified atom stereocenters. The predicted octanol–water partition coefficient (Wildman–Crippen LogP) is 2.32. The van der Waals surface area contributed by atoms with Crippen molar-refractivity contribution < 1.29 is 8.81 Å². The molecule has 0 atom stereocenters. The van der Waals surface area contributed by atoms with Gasteiger partial charge in [-0.3, -0.25) is 0 Å². The van der Waals surface area contributed by atoms with Crippen molar-refractivity contribution >= 4 is 17.1 Å². The Morgan fingerprint density at radius 3 is 2.92 bits per heavy atom. The molecule has 0 saturated heterocycles. The van der Waals surface area contributed by atoms with E-state index in [1.54, 1.807) is 20.0 Å². The van der Waals surface area contributed by atoms with Crippen molar-refractivity contribution in [1.82, 2.24) is 4.98 Å². The van der Waals surface area contributed by atoms with E-state index >= 15 is 0 Å². The SMILES string of the molecule is CNc1nc2cc(C)c(F)cc2o1. The van der Waals surface area contributed by atoms with Crippen LogP contribution in [0.5, 0.6) is 0 Å². The number of hydrogen-bond acceptors (Lipinski definition) is 3. The second kappa shape index (κ2) is 2.73. The van der Waals surface area contributed by atoms with Gasteiger partial charge in [-0.25, -0.2) is 4.39 Å². The number of benzene rings is 1. The molecule has 4 heteroatoms. The average Bonchev–Trinajstić information content (AvgIpc) is 2.48. The highest BCUT2D eigenvalue weighted by Crippen LogP contribution is 2.21. The Kier molecular flexibility index (Phi) is 1.69. The van der Waals surface area contributed by atoms with Crippen LogP contribution in [0.15, 0.2) is 16.5 Å². The van der Waals surface area contributed by atoms with Crippen molar-refractivity contribution in [2.24, 2.45) is 0 Å². The van der Waals surface area contributed by atoms with Crippen LogP contribution < -0.4 is 5.32 Å². The summed E-state index contributed by atoms with van der Waals surface area (Å²) in [7, 11) is 1.70. The Morgan fingerprint density at radius 2 is 2.23 bits per heavy atom. The van der Waals surface area contributed by atoms with Gasteiger partial charge in [0, 0.05) is 13.1 Å².